The summed E-state index contributed by atoms with van der Waals surface area (Å²) in [6.07, 6.45) is 3.67. The third-order valence-electron chi connectivity index (χ3n) is 5.83. The van der Waals surface area contributed by atoms with Crippen LogP contribution in [0.15, 0.2) is 24.4 Å². The summed E-state index contributed by atoms with van der Waals surface area (Å²) in [5, 5.41) is 12.7. The van der Waals surface area contributed by atoms with Crippen molar-refractivity contribution in [3.8, 4) is 0 Å². The van der Waals surface area contributed by atoms with Crippen LogP contribution in [0.4, 0.5) is 16.0 Å². The van der Waals surface area contributed by atoms with Crippen LogP contribution in [0.5, 0.6) is 0 Å². The number of carboxylic acids is 1. The number of carboxylic acid groups (broad SMARTS) is 1. The highest BCUT2D eigenvalue weighted by Gasteiger charge is 2.48. The standard InChI is InChI=1S/C21H23FN4O3/c1-10-6-7-23-21(24-10)25-18-11(2)19(13-4-5-13)26(12(3)27)17-9-16(22)14(20(28)29)8-15(17)18/h6-9,11,13,18-19H,4-5H2,1-3H3,(H,28,29)(H,23,24,25)/t11-,18?,19?/m1/s1. The second-order valence-electron chi connectivity index (χ2n) is 7.92. The zero-order valence-corrected chi connectivity index (χ0v) is 16.5. The molecule has 3 atom stereocenters. The van der Waals surface area contributed by atoms with E-state index in [9.17, 15) is 19.1 Å². The number of hydrogen-bond donors (Lipinski definition) is 2. The lowest BCUT2D eigenvalue weighted by atomic mass is 9.79. The quantitative estimate of drug-likeness (QED) is 0.818. The maximum Gasteiger partial charge on any atom is 0.338 e. The van der Waals surface area contributed by atoms with Crippen LogP contribution in [0.25, 0.3) is 0 Å². The first-order chi connectivity index (χ1) is 13.8. The lowest BCUT2D eigenvalue weighted by Crippen LogP contribution is -2.51. The van der Waals surface area contributed by atoms with E-state index in [-0.39, 0.29) is 23.9 Å². The van der Waals surface area contributed by atoms with Crippen LogP contribution >= 0.6 is 0 Å². The highest BCUT2D eigenvalue weighted by molar-refractivity contribution is 5.96. The molecule has 1 aromatic heterocycles. The molecule has 152 valence electrons. The van der Waals surface area contributed by atoms with Gasteiger partial charge in [-0.25, -0.2) is 19.2 Å². The summed E-state index contributed by atoms with van der Waals surface area (Å²) in [4.78, 5) is 34.4. The Hall–Kier alpha value is -3.03. The summed E-state index contributed by atoms with van der Waals surface area (Å²) in [5.74, 6) is -1.66. The van der Waals surface area contributed by atoms with Gasteiger partial charge in [-0.1, -0.05) is 6.92 Å². The molecule has 4 rings (SSSR count). The number of halogens is 1. The largest absolute Gasteiger partial charge is 0.478 e. The van der Waals surface area contributed by atoms with Gasteiger partial charge in [-0.2, -0.15) is 0 Å². The van der Waals surface area contributed by atoms with E-state index in [0.717, 1.165) is 18.5 Å². The number of benzene rings is 1. The first-order valence-corrected chi connectivity index (χ1v) is 9.70. The number of aromatic carboxylic acids is 1. The second kappa shape index (κ2) is 7.09. The van der Waals surface area contributed by atoms with Gasteiger partial charge in [0.05, 0.1) is 17.3 Å². The molecule has 29 heavy (non-hydrogen) atoms. The third kappa shape index (κ3) is 3.43. The average Bonchev–Trinajstić information content (AvgIpc) is 3.47. The minimum Gasteiger partial charge on any atom is -0.478 e. The molecule has 0 spiro atoms. The molecule has 2 N–H and O–H groups in total. The molecular weight excluding hydrogens is 375 g/mol. The van der Waals surface area contributed by atoms with Crippen molar-refractivity contribution >= 4 is 23.5 Å². The summed E-state index contributed by atoms with van der Waals surface area (Å²) in [7, 11) is 0. The van der Waals surface area contributed by atoms with Gasteiger partial charge >= 0.3 is 5.97 Å². The number of hydrogen-bond acceptors (Lipinski definition) is 5. The maximum atomic E-state index is 14.5. The molecule has 0 bridgehead atoms. The average molecular weight is 398 g/mol. The van der Waals surface area contributed by atoms with Crippen molar-refractivity contribution in [1.82, 2.24) is 9.97 Å². The molecule has 1 saturated carbocycles. The van der Waals surface area contributed by atoms with Crippen molar-refractivity contribution in [3.63, 3.8) is 0 Å². The van der Waals surface area contributed by atoms with Gasteiger partial charge < -0.3 is 15.3 Å². The fraction of sp³-hybridized carbons (Fsp3) is 0.429. The normalized spacial score (nSPS) is 23.4. The zero-order chi connectivity index (χ0) is 20.9. The first-order valence-electron chi connectivity index (χ1n) is 9.70. The van der Waals surface area contributed by atoms with E-state index in [4.69, 9.17) is 0 Å². The van der Waals surface area contributed by atoms with E-state index in [0.29, 0.717) is 23.1 Å². The number of aryl methyl sites for hydroxylation is 1. The summed E-state index contributed by atoms with van der Waals surface area (Å²) in [5.41, 5.74) is 1.36. The number of anilines is 2. The number of carbonyl (C=O) groups is 2. The highest BCUT2D eigenvalue weighted by Crippen LogP contribution is 2.50. The SMILES string of the molecule is CC(=O)N1c2cc(F)c(C(=O)O)cc2C(Nc2nccc(C)n2)[C@@H](C)C1C1CC1. The Balaban J connectivity index is 1.87. The predicted molar refractivity (Wildman–Crippen MR) is 105 cm³/mol. The maximum absolute atomic E-state index is 14.5. The molecule has 2 aromatic rings. The molecule has 8 heteroatoms. The predicted octanol–water partition coefficient (Wildman–Crippen LogP) is 3.56. The molecule has 1 aliphatic heterocycles. The Morgan fingerprint density at radius 3 is 2.62 bits per heavy atom. The third-order valence-corrected chi connectivity index (χ3v) is 5.83. The van der Waals surface area contributed by atoms with Crippen LogP contribution in [-0.2, 0) is 4.79 Å². The van der Waals surface area contributed by atoms with Crippen molar-refractivity contribution in [3.05, 3.63) is 47.0 Å². The summed E-state index contributed by atoms with van der Waals surface area (Å²) in [6, 6.07) is 3.83. The molecule has 2 aliphatic rings. The minimum absolute atomic E-state index is 0.0462. The van der Waals surface area contributed by atoms with Crippen LogP contribution < -0.4 is 10.2 Å². The number of fused-ring (bicyclic) bond motifs is 1. The Morgan fingerprint density at radius 1 is 1.31 bits per heavy atom. The number of amides is 1. The Labute approximate surface area is 168 Å². The number of aromatic nitrogens is 2. The Kier molecular flexibility index (Phi) is 4.72. The van der Waals surface area contributed by atoms with Gasteiger partial charge in [0, 0.05) is 30.8 Å². The molecule has 1 amide bonds. The molecule has 0 radical (unpaired) electrons. The Morgan fingerprint density at radius 2 is 2.03 bits per heavy atom. The minimum atomic E-state index is -1.35. The van der Waals surface area contributed by atoms with Crippen LogP contribution in [0.2, 0.25) is 0 Å². The van der Waals surface area contributed by atoms with Crippen LogP contribution in [0.1, 0.15) is 54.3 Å². The zero-order valence-electron chi connectivity index (χ0n) is 16.5. The number of rotatable bonds is 4. The molecule has 0 saturated heterocycles. The Bertz CT molecular complexity index is 992. The fourth-order valence-corrected chi connectivity index (χ4v) is 4.40. The van der Waals surface area contributed by atoms with Crippen molar-refractivity contribution in [1.29, 1.82) is 0 Å². The summed E-state index contributed by atoms with van der Waals surface area (Å²) >= 11 is 0. The van der Waals surface area contributed by atoms with E-state index < -0.39 is 17.3 Å². The molecule has 1 fully saturated rings. The number of nitrogens with one attached hydrogen (secondary N) is 1. The van der Waals surface area contributed by atoms with Gasteiger partial charge in [0.1, 0.15) is 5.82 Å². The van der Waals surface area contributed by atoms with Crippen molar-refractivity contribution in [2.75, 3.05) is 10.2 Å². The summed E-state index contributed by atoms with van der Waals surface area (Å²) in [6.45, 7) is 5.35. The van der Waals surface area contributed by atoms with Gasteiger partial charge in [0.25, 0.3) is 0 Å². The molecular formula is C21H23FN4O3. The molecule has 2 unspecified atom stereocenters. The van der Waals surface area contributed by atoms with Gasteiger partial charge in [-0.05, 0) is 49.4 Å². The lowest BCUT2D eigenvalue weighted by molar-refractivity contribution is -0.117. The number of carbonyl (C=O) groups excluding carboxylic acids is 1. The van der Waals surface area contributed by atoms with Gasteiger partial charge in [-0.15, -0.1) is 0 Å². The molecule has 7 nitrogen and oxygen atoms in total. The van der Waals surface area contributed by atoms with E-state index in [1.807, 2.05) is 13.8 Å². The van der Waals surface area contributed by atoms with E-state index in [1.54, 1.807) is 17.2 Å². The van der Waals surface area contributed by atoms with Crippen molar-refractivity contribution < 1.29 is 19.1 Å². The lowest BCUT2D eigenvalue weighted by Gasteiger charge is -2.45. The van der Waals surface area contributed by atoms with Gasteiger partial charge in [-0.3, -0.25) is 4.79 Å². The summed E-state index contributed by atoms with van der Waals surface area (Å²) < 4.78 is 14.5. The van der Waals surface area contributed by atoms with E-state index >= 15 is 0 Å². The molecule has 1 aromatic carbocycles. The highest BCUT2D eigenvalue weighted by atomic mass is 19.1. The smallest absolute Gasteiger partial charge is 0.338 e. The fourth-order valence-electron chi connectivity index (χ4n) is 4.40. The van der Waals surface area contributed by atoms with E-state index in [2.05, 4.69) is 15.3 Å². The number of nitrogens with zero attached hydrogens (tertiary/aromatic N) is 3. The molecule has 2 heterocycles. The molecule has 1 aliphatic carbocycles. The van der Waals surface area contributed by atoms with Crippen molar-refractivity contribution in [2.24, 2.45) is 11.8 Å². The van der Waals surface area contributed by atoms with Crippen LogP contribution in [0, 0.1) is 24.6 Å². The van der Waals surface area contributed by atoms with Crippen LogP contribution in [-0.4, -0.2) is 33.0 Å². The monoisotopic (exact) mass is 398 g/mol. The second-order valence-corrected chi connectivity index (χ2v) is 7.92. The van der Waals surface area contributed by atoms with E-state index in [1.165, 1.54) is 19.1 Å². The topological polar surface area (TPSA) is 95.4 Å². The van der Waals surface area contributed by atoms with Gasteiger partial charge in [0.15, 0.2) is 0 Å². The van der Waals surface area contributed by atoms with Crippen molar-refractivity contribution in [2.45, 2.75) is 45.7 Å². The van der Waals surface area contributed by atoms with Gasteiger partial charge in [0.2, 0.25) is 11.9 Å². The first kappa shape index (κ1) is 19.3. The van der Waals surface area contributed by atoms with Crippen LogP contribution in [0.3, 0.4) is 0 Å².